The lowest BCUT2D eigenvalue weighted by molar-refractivity contribution is -0.112. The summed E-state index contributed by atoms with van der Waals surface area (Å²) in [6.45, 7) is 1.71. The van der Waals surface area contributed by atoms with Gasteiger partial charge in [-0.1, -0.05) is 24.3 Å². The Hall–Kier alpha value is -2.92. The van der Waals surface area contributed by atoms with Gasteiger partial charge in [0.05, 0.1) is 11.3 Å². The molecule has 0 saturated carbocycles. The van der Waals surface area contributed by atoms with E-state index in [1.807, 2.05) is 23.6 Å². The molecule has 3 aromatic rings. The molecule has 24 heavy (non-hydrogen) atoms. The number of anilines is 1. The third kappa shape index (κ3) is 3.36. The summed E-state index contributed by atoms with van der Waals surface area (Å²) in [4.78, 5) is 23.5. The zero-order valence-corrected chi connectivity index (χ0v) is 13.8. The van der Waals surface area contributed by atoms with Gasteiger partial charge < -0.3 is 10.4 Å². The van der Waals surface area contributed by atoms with Crippen molar-refractivity contribution >= 4 is 45.1 Å². The van der Waals surface area contributed by atoms with Crippen LogP contribution in [0.15, 0.2) is 59.5 Å². The van der Waals surface area contributed by atoms with Crippen molar-refractivity contribution in [3.05, 3.63) is 70.6 Å². The van der Waals surface area contributed by atoms with Crippen molar-refractivity contribution in [2.45, 2.75) is 6.92 Å². The number of aromatic carboxylic acids is 1. The number of hydrogen-bond donors (Lipinski definition) is 2. The molecule has 5 heteroatoms. The minimum absolute atomic E-state index is 0.0682. The van der Waals surface area contributed by atoms with Gasteiger partial charge in [-0.15, -0.1) is 11.3 Å². The number of fused-ring (bicyclic) bond motifs is 1. The Bertz CT molecular complexity index is 956. The minimum Gasteiger partial charge on any atom is -0.478 e. The van der Waals surface area contributed by atoms with Crippen molar-refractivity contribution in [2.75, 3.05) is 5.32 Å². The first-order valence-electron chi connectivity index (χ1n) is 7.34. The Kier molecular flexibility index (Phi) is 4.44. The van der Waals surface area contributed by atoms with Crippen molar-refractivity contribution in [3.8, 4) is 0 Å². The molecular formula is C19H15NO3S. The van der Waals surface area contributed by atoms with Crippen LogP contribution < -0.4 is 5.32 Å². The number of thiophene rings is 1. The molecule has 2 N–H and O–H groups in total. The zero-order valence-electron chi connectivity index (χ0n) is 12.9. The van der Waals surface area contributed by atoms with E-state index in [0.717, 1.165) is 10.3 Å². The molecular weight excluding hydrogens is 322 g/mol. The van der Waals surface area contributed by atoms with Crippen LogP contribution in [0.5, 0.6) is 0 Å². The highest BCUT2D eigenvalue weighted by Crippen LogP contribution is 2.23. The molecule has 0 aliphatic heterocycles. The highest BCUT2D eigenvalue weighted by Gasteiger charge is 2.12. The molecule has 0 atom stereocenters. The van der Waals surface area contributed by atoms with Gasteiger partial charge in [0.1, 0.15) is 0 Å². The fourth-order valence-corrected chi connectivity index (χ4v) is 3.21. The third-order valence-corrected chi connectivity index (χ3v) is 4.51. The number of carboxylic acids is 1. The average Bonchev–Trinajstić information content (AvgIpc) is 3.02. The maximum Gasteiger partial charge on any atom is 0.337 e. The van der Waals surface area contributed by atoms with Gasteiger partial charge >= 0.3 is 5.97 Å². The van der Waals surface area contributed by atoms with Crippen LogP contribution in [-0.4, -0.2) is 17.0 Å². The number of hydrogen-bond acceptors (Lipinski definition) is 3. The first kappa shape index (κ1) is 16.0. The summed E-state index contributed by atoms with van der Waals surface area (Å²) in [5.74, 6) is -1.40. The van der Waals surface area contributed by atoms with Gasteiger partial charge in [0.15, 0.2) is 0 Å². The minimum atomic E-state index is -1.07. The van der Waals surface area contributed by atoms with Crippen LogP contribution in [0.3, 0.4) is 0 Å². The van der Waals surface area contributed by atoms with Crippen LogP contribution in [0.2, 0.25) is 0 Å². The molecule has 0 spiro atoms. The molecule has 0 fully saturated rings. The molecule has 2 aromatic carbocycles. The Balaban J connectivity index is 1.83. The predicted molar refractivity (Wildman–Crippen MR) is 97.5 cm³/mol. The molecule has 0 aliphatic rings. The van der Waals surface area contributed by atoms with Gasteiger partial charge in [0.25, 0.3) is 5.91 Å². The second-order valence-electron chi connectivity index (χ2n) is 5.35. The van der Waals surface area contributed by atoms with E-state index in [2.05, 4.69) is 11.4 Å². The quantitative estimate of drug-likeness (QED) is 0.682. The largest absolute Gasteiger partial charge is 0.478 e. The van der Waals surface area contributed by atoms with E-state index in [9.17, 15) is 9.59 Å². The molecule has 0 unspecified atom stereocenters. The number of amides is 1. The Labute approximate surface area is 143 Å². The summed E-state index contributed by atoms with van der Waals surface area (Å²) >= 11 is 1.65. The predicted octanol–water partition coefficient (Wildman–Crippen LogP) is 4.64. The number of para-hydroxylation sites is 1. The molecule has 3 rings (SSSR count). The van der Waals surface area contributed by atoms with Crippen molar-refractivity contribution in [3.63, 3.8) is 0 Å². The summed E-state index contributed by atoms with van der Waals surface area (Å²) in [7, 11) is 0. The molecule has 0 bridgehead atoms. The summed E-state index contributed by atoms with van der Waals surface area (Å²) in [6, 6.07) is 14.4. The van der Waals surface area contributed by atoms with Gasteiger partial charge in [-0.05, 0) is 53.6 Å². The Morgan fingerprint density at radius 3 is 2.71 bits per heavy atom. The standard InChI is InChI=1S/C19H15NO3S/c1-12(10-13-6-7-14-8-9-24-17(14)11-13)18(21)20-16-5-3-2-4-15(16)19(22)23/h2-11H,1H3,(H,20,21)(H,22,23)/b12-10+. The number of carbonyl (C=O) groups is 2. The molecule has 1 heterocycles. The Morgan fingerprint density at radius 1 is 1.12 bits per heavy atom. The number of rotatable bonds is 4. The molecule has 0 saturated heterocycles. The van der Waals surface area contributed by atoms with Crippen molar-refractivity contribution in [2.24, 2.45) is 0 Å². The maximum absolute atomic E-state index is 12.3. The number of nitrogens with one attached hydrogen (secondary N) is 1. The van der Waals surface area contributed by atoms with E-state index >= 15 is 0 Å². The van der Waals surface area contributed by atoms with Crippen LogP contribution >= 0.6 is 11.3 Å². The van der Waals surface area contributed by atoms with Gasteiger partial charge in [0.2, 0.25) is 0 Å². The van der Waals surface area contributed by atoms with Gasteiger partial charge in [-0.2, -0.15) is 0 Å². The van der Waals surface area contributed by atoms with Crippen molar-refractivity contribution in [1.82, 2.24) is 0 Å². The summed E-state index contributed by atoms with van der Waals surface area (Å²) in [5.41, 5.74) is 1.80. The first-order valence-corrected chi connectivity index (χ1v) is 8.22. The molecule has 1 amide bonds. The van der Waals surface area contributed by atoms with Crippen LogP contribution in [0.4, 0.5) is 5.69 Å². The van der Waals surface area contributed by atoms with E-state index in [0.29, 0.717) is 5.57 Å². The number of carboxylic acid groups (broad SMARTS) is 1. The van der Waals surface area contributed by atoms with Crippen molar-refractivity contribution in [1.29, 1.82) is 0 Å². The molecule has 0 radical (unpaired) electrons. The topological polar surface area (TPSA) is 66.4 Å². The van der Waals surface area contributed by atoms with E-state index in [4.69, 9.17) is 5.11 Å². The van der Waals surface area contributed by atoms with E-state index in [1.54, 1.807) is 42.5 Å². The van der Waals surface area contributed by atoms with Crippen LogP contribution in [0, 0.1) is 0 Å². The highest BCUT2D eigenvalue weighted by molar-refractivity contribution is 7.17. The first-order chi connectivity index (χ1) is 11.5. The fourth-order valence-electron chi connectivity index (χ4n) is 2.38. The fraction of sp³-hybridized carbons (Fsp3) is 0.0526. The van der Waals surface area contributed by atoms with E-state index in [-0.39, 0.29) is 17.2 Å². The zero-order chi connectivity index (χ0) is 17.1. The second kappa shape index (κ2) is 6.68. The lowest BCUT2D eigenvalue weighted by Crippen LogP contribution is -2.15. The monoisotopic (exact) mass is 337 g/mol. The second-order valence-corrected chi connectivity index (χ2v) is 6.30. The van der Waals surface area contributed by atoms with Gasteiger partial charge in [-0.25, -0.2) is 4.79 Å². The Morgan fingerprint density at radius 2 is 1.92 bits per heavy atom. The third-order valence-electron chi connectivity index (χ3n) is 3.63. The summed E-state index contributed by atoms with van der Waals surface area (Å²) < 4.78 is 1.16. The maximum atomic E-state index is 12.3. The smallest absolute Gasteiger partial charge is 0.337 e. The highest BCUT2D eigenvalue weighted by atomic mass is 32.1. The molecule has 4 nitrogen and oxygen atoms in total. The SMILES string of the molecule is C/C(=C\c1ccc2ccsc2c1)C(=O)Nc1ccccc1C(=O)O. The van der Waals surface area contributed by atoms with Gasteiger partial charge in [0, 0.05) is 10.3 Å². The lowest BCUT2D eigenvalue weighted by Gasteiger charge is -2.08. The molecule has 0 aliphatic carbocycles. The average molecular weight is 337 g/mol. The number of benzene rings is 2. The lowest BCUT2D eigenvalue weighted by atomic mass is 10.1. The van der Waals surface area contributed by atoms with Crippen LogP contribution in [0.25, 0.3) is 16.2 Å². The number of carbonyl (C=O) groups excluding carboxylic acids is 1. The molecule has 120 valence electrons. The van der Waals surface area contributed by atoms with E-state index in [1.165, 1.54) is 11.5 Å². The summed E-state index contributed by atoms with van der Waals surface area (Å²) in [6.07, 6.45) is 1.79. The molecule has 1 aromatic heterocycles. The van der Waals surface area contributed by atoms with E-state index < -0.39 is 5.97 Å². The summed E-state index contributed by atoms with van der Waals surface area (Å²) in [5, 5.41) is 15.0. The van der Waals surface area contributed by atoms with Crippen LogP contribution in [0.1, 0.15) is 22.8 Å². The van der Waals surface area contributed by atoms with Gasteiger partial charge in [-0.3, -0.25) is 4.79 Å². The van der Waals surface area contributed by atoms with Crippen LogP contribution in [-0.2, 0) is 4.79 Å². The van der Waals surface area contributed by atoms with Crippen molar-refractivity contribution < 1.29 is 14.7 Å². The normalized spacial score (nSPS) is 11.5.